The van der Waals surface area contributed by atoms with E-state index in [1.165, 1.54) is 44.1 Å². The first-order chi connectivity index (χ1) is 26.6. The van der Waals surface area contributed by atoms with Crippen LogP contribution >= 0.6 is 0 Å². The molecule has 0 spiro atoms. The number of rotatable bonds is 6. The van der Waals surface area contributed by atoms with Crippen LogP contribution in [0.4, 0.5) is 17.1 Å². The lowest BCUT2D eigenvalue weighted by Gasteiger charge is -2.25. The zero-order valence-electron chi connectivity index (χ0n) is 30.1. The van der Waals surface area contributed by atoms with Crippen LogP contribution in [0.5, 0.6) is 0 Å². The smallest absolute Gasteiger partial charge is 0.0972 e. The molecule has 0 fully saturated rings. The normalized spacial score (nSPS) is 11.5. The standard InChI is InChI=1S/C50H36N4/c1-33-31-44(46-27-23-37-20-19-36-12-11-29-51-49(36)50(37)52-46)34(2)30-43(33)35-21-24-40(25-22-35)54-47-18-10-9-17-42(47)45-32-41(26-28-48(45)54)53(38-13-5-3-6-14-38)39-15-7-4-8-16-39/h3-32H,1-2H3. The summed E-state index contributed by atoms with van der Waals surface area (Å²) in [6.07, 6.45) is 1.84. The average molecular weight is 693 g/mol. The largest absolute Gasteiger partial charge is 0.310 e. The van der Waals surface area contributed by atoms with Crippen molar-refractivity contribution in [2.24, 2.45) is 0 Å². The summed E-state index contributed by atoms with van der Waals surface area (Å²) in [4.78, 5) is 12.1. The topological polar surface area (TPSA) is 34.0 Å². The first kappa shape index (κ1) is 31.7. The second-order valence-electron chi connectivity index (χ2n) is 14.0. The quantitative estimate of drug-likeness (QED) is 0.163. The fourth-order valence-electron chi connectivity index (χ4n) is 8.05. The molecule has 0 bridgehead atoms. The molecule has 3 aromatic heterocycles. The maximum Gasteiger partial charge on any atom is 0.0972 e. The maximum atomic E-state index is 5.15. The van der Waals surface area contributed by atoms with Gasteiger partial charge in [0.15, 0.2) is 0 Å². The van der Waals surface area contributed by atoms with Crippen LogP contribution in [-0.4, -0.2) is 14.5 Å². The van der Waals surface area contributed by atoms with Crippen molar-refractivity contribution in [3.63, 3.8) is 0 Å². The maximum absolute atomic E-state index is 5.15. The van der Waals surface area contributed by atoms with Crippen molar-refractivity contribution in [2.45, 2.75) is 13.8 Å². The molecule has 0 saturated heterocycles. The van der Waals surface area contributed by atoms with Crippen molar-refractivity contribution >= 4 is 60.7 Å². The van der Waals surface area contributed by atoms with Gasteiger partial charge in [0.25, 0.3) is 0 Å². The van der Waals surface area contributed by atoms with Crippen LogP contribution in [0.25, 0.3) is 71.7 Å². The van der Waals surface area contributed by atoms with Crippen LogP contribution in [0, 0.1) is 13.8 Å². The molecule has 4 heteroatoms. The van der Waals surface area contributed by atoms with Gasteiger partial charge in [-0.25, -0.2) is 4.98 Å². The van der Waals surface area contributed by atoms with E-state index in [0.717, 1.165) is 55.8 Å². The highest BCUT2D eigenvalue weighted by Gasteiger charge is 2.18. The molecule has 0 radical (unpaired) electrons. The van der Waals surface area contributed by atoms with E-state index in [-0.39, 0.29) is 0 Å². The summed E-state index contributed by atoms with van der Waals surface area (Å²) in [6.45, 7) is 4.38. The predicted molar refractivity (Wildman–Crippen MR) is 226 cm³/mol. The van der Waals surface area contributed by atoms with Gasteiger partial charge >= 0.3 is 0 Å². The molecule has 0 aliphatic rings. The van der Waals surface area contributed by atoms with Crippen LogP contribution in [0.1, 0.15) is 11.1 Å². The highest BCUT2D eigenvalue weighted by atomic mass is 15.1. The SMILES string of the molecule is Cc1cc(-c2ccc3ccc4cccnc4c3n2)c(C)cc1-c1ccc(-n2c3ccccc3c3cc(N(c4ccccc4)c4ccccc4)ccc32)cc1. The fraction of sp³-hybridized carbons (Fsp3) is 0.0400. The third-order valence-electron chi connectivity index (χ3n) is 10.7. The molecule has 4 nitrogen and oxygen atoms in total. The number of hydrogen-bond acceptors (Lipinski definition) is 3. The Kier molecular flexibility index (Phi) is 7.55. The second kappa shape index (κ2) is 12.9. The molecule has 256 valence electrons. The zero-order valence-corrected chi connectivity index (χ0v) is 30.1. The Hall–Kier alpha value is -7.04. The Morgan fingerprint density at radius 3 is 1.85 bits per heavy atom. The Bertz CT molecular complexity index is 2960. The molecular formula is C50H36N4. The van der Waals surface area contributed by atoms with Gasteiger partial charge in [-0.3, -0.25) is 4.98 Å². The highest BCUT2D eigenvalue weighted by molar-refractivity contribution is 6.11. The third kappa shape index (κ3) is 5.31. The van der Waals surface area contributed by atoms with Crippen LogP contribution < -0.4 is 4.90 Å². The summed E-state index contributed by atoms with van der Waals surface area (Å²) < 4.78 is 2.39. The van der Waals surface area contributed by atoms with Crippen molar-refractivity contribution in [3.05, 3.63) is 193 Å². The number of fused-ring (bicyclic) bond motifs is 6. The minimum Gasteiger partial charge on any atom is -0.310 e. The molecule has 54 heavy (non-hydrogen) atoms. The fourth-order valence-corrected chi connectivity index (χ4v) is 8.05. The van der Waals surface area contributed by atoms with E-state index < -0.39 is 0 Å². The van der Waals surface area contributed by atoms with Gasteiger partial charge in [0.2, 0.25) is 0 Å². The molecular weight excluding hydrogens is 657 g/mol. The molecule has 10 aromatic rings. The average Bonchev–Trinajstić information content (AvgIpc) is 3.56. The van der Waals surface area contributed by atoms with E-state index >= 15 is 0 Å². The van der Waals surface area contributed by atoms with E-state index in [1.54, 1.807) is 0 Å². The minimum absolute atomic E-state index is 0.938. The molecule has 0 saturated carbocycles. The number of pyridine rings is 2. The number of para-hydroxylation sites is 3. The lowest BCUT2D eigenvalue weighted by atomic mass is 9.93. The van der Waals surface area contributed by atoms with Gasteiger partial charge in [0, 0.05) is 56.1 Å². The van der Waals surface area contributed by atoms with Crippen molar-refractivity contribution in [2.75, 3.05) is 4.90 Å². The van der Waals surface area contributed by atoms with Crippen molar-refractivity contribution in [1.29, 1.82) is 0 Å². The summed E-state index contributed by atoms with van der Waals surface area (Å²) in [5, 5.41) is 4.65. The van der Waals surface area contributed by atoms with E-state index in [9.17, 15) is 0 Å². The summed E-state index contributed by atoms with van der Waals surface area (Å²) in [5.41, 5.74) is 15.7. The zero-order chi connectivity index (χ0) is 36.2. The summed E-state index contributed by atoms with van der Waals surface area (Å²) >= 11 is 0. The van der Waals surface area contributed by atoms with Gasteiger partial charge in [0.05, 0.1) is 27.8 Å². The van der Waals surface area contributed by atoms with Crippen molar-refractivity contribution in [3.8, 4) is 28.1 Å². The molecule has 0 amide bonds. The number of hydrogen-bond donors (Lipinski definition) is 0. The predicted octanol–water partition coefficient (Wildman–Crippen LogP) is 13.3. The van der Waals surface area contributed by atoms with E-state index in [2.05, 4.69) is 198 Å². The van der Waals surface area contributed by atoms with Crippen LogP contribution in [-0.2, 0) is 0 Å². The Morgan fingerprint density at radius 1 is 0.463 bits per heavy atom. The van der Waals surface area contributed by atoms with E-state index in [0.29, 0.717) is 0 Å². The van der Waals surface area contributed by atoms with Crippen molar-refractivity contribution in [1.82, 2.24) is 14.5 Å². The van der Waals surface area contributed by atoms with Gasteiger partial charge in [0.1, 0.15) is 0 Å². The molecule has 0 unspecified atom stereocenters. The molecule has 10 rings (SSSR count). The molecule has 3 heterocycles. The van der Waals surface area contributed by atoms with Crippen LogP contribution in [0.2, 0.25) is 0 Å². The van der Waals surface area contributed by atoms with Gasteiger partial charge in [-0.2, -0.15) is 0 Å². The highest BCUT2D eigenvalue weighted by Crippen LogP contribution is 2.40. The van der Waals surface area contributed by atoms with Gasteiger partial charge < -0.3 is 9.47 Å². The first-order valence-corrected chi connectivity index (χ1v) is 18.4. The number of anilines is 3. The van der Waals surface area contributed by atoms with E-state index in [4.69, 9.17) is 4.98 Å². The molecule has 0 atom stereocenters. The Labute approximate surface area is 314 Å². The second-order valence-corrected chi connectivity index (χ2v) is 14.0. The summed E-state index contributed by atoms with van der Waals surface area (Å²) in [5.74, 6) is 0. The lowest BCUT2D eigenvalue weighted by Crippen LogP contribution is -2.09. The summed E-state index contributed by atoms with van der Waals surface area (Å²) in [7, 11) is 0. The monoisotopic (exact) mass is 692 g/mol. The van der Waals surface area contributed by atoms with Gasteiger partial charge in [-0.05, 0) is 115 Å². The number of nitrogens with zero attached hydrogens (tertiary/aromatic N) is 4. The molecule has 7 aromatic carbocycles. The Balaban J connectivity index is 1.03. The number of aromatic nitrogens is 3. The molecule has 0 N–H and O–H groups in total. The van der Waals surface area contributed by atoms with Crippen molar-refractivity contribution < 1.29 is 0 Å². The minimum atomic E-state index is 0.938. The summed E-state index contributed by atoms with van der Waals surface area (Å²) in [6, 6.07) is 62.9. The van der Waals surface area contributed by atoms with Gasteiger partial charge in [-0.15, -0.1) is 0 Å². The van der Waals surface area contributed by atoms with Crippen LogP contribution in [0.15, 0.2) is 182 Å². The number of aryl methyl sites for hydroxylation is 2. The van der Waals surface area contributed by atoms with E-state index in [1.807, 2.05) is 12.3 Å². The molecule has 0 aliphatic carbocycles. The lowest BCUT2D eigenvalue weighted by molar-refractivity contribution is 1.18. The number of benzene rings is 7. The molecule has 0 aliphatic heterocycles. The Morgan fingerprint density at radius 2 is 1.09 bits per heavy atom. The first-order valence-electron chi connectivity index (χ1n) is 18.4. The van der Waals surface area contributed by atoms with Gasteiger partial charge in [-0.1, -0.05) is 97.1 Å². The third-order valence-corrected chi connectivity index (χ3v) is 10.7. The van der Waals surface area contributed by atoms with Crippen LogP contribution in [0.3, 0.4) is 0 Å².